The van der Waals surface area contributed by atoms with Crippen molar-refractivity contribution in [1.82, 2.24) is 8.43 Å². The van der Waals surface area contributed by atoms with Crippen molar-refractivity contribution in [1.29, 1.82) is 0 Å². The fraction of sp³-hybridized carbons (Fsp3) is 1.00. The maximum Gasteiger partial charge on any atom is 0.0181 e. The van der Waals surface area contributed by atoms with Crippen LogP contribution in [0.1, 0.15) is 19.8 Å². The van der Waals surface area contributed by atoms with Crippen molar-refractivity contribution < 1.29 is 0 Å². The summed E-state index contributed by atoms with van der Waals surface area (Å²) in [5, 5.41) is 0. The van der Waals surface area contributed by atoms with Crippen LogP contribution in [0.2, 0.25) is 0 Å². The van der Waals surface area contributed by atoms with Gasteiger partial charge in [0.1, 0.15) is 0 Å². The molecule has 0 aliphatic rings. The van der Waals surface area contributed by atoms with Gasteiger partial charge in [0.15, 0.2) is 0 Å². The average Bonchev–Trinajstić information content (AvgIpc) is 2.02. The van der Waals surface area contributed by atoms with Gasteiger partial charge in [-0.05, 0) is 44.7 Å². The van der Waals surface area contributed by atoms with Crippen LogP contribution in [0.5, 0.6) is 0 Å². The molecule has 14 heavy (non-hydrogen) atoms. The molecule has 0 aromatic carbocycles. The van der Waals surface area contributed by atoms with Crippen molar-refractivity contribution in [3.63, 3.8) is 0 Å². The zero-order chi connectivity index (χ0) is 11.4. The predicted molar refractivity (Wildman–Crippen MR) is 75.5 cm³/mol. The standard InChI is InChI=1S/C10H28N2S2/c1-8-9-10-12(13(3,4)5)14(6,7)11-2/h11H,8-10H2,1-7H3. The molecule has 2 nitrogen and oxygen atoms in total. The first kappa shape index (κ1) is 14.6. The summed E-state index contributed by atoms with van der Waals surface area (Å²) >= 11 is 0. The molecule has 0 aromatic heterocycles. The van der Waals surface area contributed by atoms with E-state index in [-0.39, 0.29) is 0 Å². The highest BCUT2D eigenvalue weighted by Crippen LogP contribution is 2.56. The van der Waals surface area contributed by atoms with Gasteiger partial charge in [-0.3, -0.25) is 4.72 Å². The Labute approximate surface area is 93.9 Å². The minimum absolute atomic E-state index is 0.599. The van der Waals surface area contributed by atoms with Crippen LogP contribution in [0.15, 0.2) is 0 Å². The molecule has 0 amide bonds. The minimum atomic E-state index is -0.770. The molecular weight excluding hydrogens is 212 g/mol. The van der Waals surface area contributed by atoms with Crippen molar-refractivity contribution in [3.8, 4) is 0 Å². The Morgan fingerprint density at radius 3 is 1.86 bits per heavy atom. The van der Waals surface area contributed by atoms with E-state index in [1.165, 1.54) is 19.4 Å². The third-order valence-corrected chi connectivity index (χ3v) is 8.38. The number of hydrogen-bond donors (Lipinski definition) is 1. The second-order valence-corrected chi connectivity index (χ2v) is 12.3. The van der Waals surface area contributed by atoms with E-state index in [2.05, 4.69) is 53.7 Å². The highest BCUT2D eigenvalue weighted by molar-refractivity contribution is 8.43. The molecule has 0 saturated heterocycles. The lowest BCUT2D eigenvalue weighted by Crippen LogP contribution is -2.35. The van der Waals surface area contributed by atoms with Crippen LogP contribution < -0.4 is 4.72 Å². The van der Waals surface area contributed by atoms with Gasteiger partial charge < -0.3 is 0 Å². The van der Waals surface area contributed by atoms with Gasteiger partial charge in [-0.15, -0.1) is 10.4 Å². The first-order valence-electron chi connectivity index (χ1n) is 5.13. The molecule has 0 fully saturated rings. The minimum Gasteiger partial charge on any atom is -0.272 e. The summed E-state index contributed by atoms with van der Waals surface area (Å²) in [5.41, 5.74) is 0. The Morgan fingerprint density at radius 1 is 1.07 bits per heavy atom. The highest BCUT2D eigenvalue weighted by Gasteiger charge is 2.26. The zero-order valence-electron chi connectivity index (χ0n) is 10.9. The molecule has 0 atom stereocenters. The van der Waals surface area contributed by atoms with Crippen LogP contribution in [0.3, 0.4) is 0 Å². The van der Waals surface area contributed by atoms with E-state index in [0.29, 0.717) is 0 Å². The maximum atomic E-state index is 3.49. The number of nitrogens with zero attached hydrogens (tertiary/aromatic N) is 1. The number of hydrogen-bond acceptors (Lipinski definition) is 2. The molecule has 0 bridgehead atoms. The van der Waals surface area contributed by atoms with Crippen LogP contribution in [0.25, 0.3) is 0 Å². The summed E-state index contributed by atoms with van der Waals surface area (Å²) in [5.74, 6) is 0. The van der Waals surface area contributed by atoms with E-state index >= 15 is 0 Å². The van der Waals surface area contributed by atoms with Gasteiger partial charge in [0.25, 0.3) is 0 Å². The van der Waals surface area contributed by atoms with Gasteiger partial charge in [-0.1, -0.05) is 13.3 Å². The maximum absolute atomic E-state index is 3.49. The van der Waals surface area contributed by atoms with Gasteiger partial charge in [0, 0.05) is 6.54 Å². The molecule has 0 saturated carbocycles. The highest BCUT2D eigenvalue weighted by atomic mass is 32.3. The van der Waals surface area contributed by atoms with Crippen LogP contribution in [0.4, 0.5) is 0 Å². The lowest BCUT2D eigenvalue weighted by Gasteiger charge is -2.52. The van der Waals surface area contributed by atoms with E-state index in [1.54, 1.807) is 0 Å². The van der Waals surface area contributed by atoms with Gasteiger partial charge in [-0.25, -0.2) is 3.71 Å². The van der Waals surface area contributed by atoms with E-state index in [9.17, 15) is 0 Å². The zero-order valence-corrected chi connectivity index (χ0v) is 12.5. The fourth-order valence-corrected chi connectivity index (χ4v) is 7.61. The summed E-state index contributed by atoms with van der Waals surface area (Å²) in [6.45, 7) is 3.50. The normalized spacial score (nSPS) is 16.0. The predicted octanol–water partition coefficient (Wildman–Crippen LogP) is 2.81. The number of unbranched alkanes of at least 4 members (excludes halogenated alkanes) is 1. The first-order chi connectivity index (χ1) is 6.25. The Balaban J connectivity index is 4.56. The van der Waals surface area contributed by atoms with Gasteiger partial charge in [-0.2, -0.15) is 10.2 Å². The summed E-state index contributed by atoms with van der Waals surface area (Å²) in [6.07, 6.45) is 14.4. The van der Waals surface area contributed by atoms with Crippen molar-refractivity contribution in [3.05, 3.63) is 0 Å². The Morgan fingerprint density at radius 2 is 1.57 bits per heavy atom. The molecule has 0 rings (SSSR count). The molecule has 90 valence electrons. The van der Waals surface area contributed by atoms with Crippen LogP contribution >= 0.6 is 20.6 Å². The van der Waals surface area contributed by atoms with E-state index in [4.69, 9.17) is 0 Å². The van der Waals surface area contributed by atoms with Crippen molar-refractivity contribution in [2.24, 2.45) is 0 Å². The van der Waals surface area contributed by atoms with Crippen LogP contribution in [-0.2, 0) is 0 Å². The molecule has 0 radical (unpaired) electrons. The Hall–Kier alpha value is 0.620. The fourth-order valence-electron chi connectivity index (χ4n) is 1.45. The molecule has 0 aliphatic heterocycles. The second kappa shape index (κ2) is 5.64. The summed E-state index contributed by atoms with van der Waals surface area (Å²) < 4.78 is 6.18. The smallest absolute Gasteiger partial charge is 0.0181 e. The molecule has 0 spiro atoms. The third-order valence-electron chi connectivity index (χ3n) is 2.31. The third kappa shape index (κ3) is 4.43. The summed E-state index contributed by atoms with van der Waals surface area (Å²) in [6, 6.07) is 0. The number of nitrogens with one attached hydrogen (secondary N) is 1. The molecule has 0 aliphatic carbocycles. The lowest BCUT2D eigenvalue weighted by molar-refractivity contribution is 0.639. The molecule has 0 aromatic rings. The number of rotatable bonds is 6. The van der Waals surface area contributed by atoms with E-state index in [1.807, 2.05) is 0 Å². The van der Waals surface area contributed by atoms with Gasteiger partial charge in [0.2, 0.25) is 0 Å². The summed E-state index contributed by atoms with van der Waals surface area (Å²) in [4.78, 5) is 0. The summed E-state index contributed by atoms with van der Waals surface area (Å²) in [7, 11) is 0.714. The van der Waals surface area contributed by atoms with Crippen LogP contribution in [-0.4, -0.2) is 48.6 Å². The van der Waals surface area contributed by atoms with E-state index < -0.39 is 20.6 Å². The topological polar surface area (TPSA) is 15.3 Å². The molecule has 0 heterocycles. The van der Waals surface area contributed by atoms with Crippen molar-refractivity contribution in [2.45, 2.75) is 19.8 Å². The van der Waals surface area contributed by atoms with Gasteiger partial charge >= 0.3 is 0 Å². The lowest BCUT2D eigenvalue weighted by atomic mass is 10.3. The van der Waals surface area contributed by atoms with Crippen molar-refractivity contribution in [2.75, 3.05) is 44.9 Å². The van der Waals surface area contributed by atoms with Crippen LogP contribution in [0, 0.1) is 0 Å². The average molecular weight is 240 g/mol. The quantitative estimate of drug-likeness (QED) is 0.768. The largest absolute Gasteiger partial charge is 0.272 e. The molecule has 4 heteroatoms. The Bertz CT molecular complexity index is 164. The Kier molecular flexibility index (Phi) is 5.88. The SMILES string of the molecule is CCCCN(S(C)(C)C)S(C)(C)NC. The van der Waals surface area contributed by atoms with Gasteiger partial charge in [0.05, 0.1) is 0 Å². The molecular formula is C10H28N2S2. The molecule has 1 N–H and O–H groups in total. The second-order valence-electron chi connectivity index (χ2n) is 4.66. The first-order valence-corrected chi connectivity index (χ1v) is 10.4. The van der Waals surface area contributed by atoms with E-state index in [0.717, 1.165) is 0 Å². The monoisotopic (exact) mass is 240 g/mol. The van der Waals surface area contributed by atoms with Crippen molar-refractivity contribution >= 4 is 20.6 Å². The molecule has 0 unspecified atom stereocenters.